The van der Waals surface area contributed by atoms with Crippen molar-refractivity contribution in [3.63, 3.8) is 0 Å². The minimum atomic E-state index is 0.146. The van der Waals surface area contributed by atoms with E-state index in [-0.39, 0.29) is 6.04 Å². The first-order valence-electron chi connectivity index (χ1n) is 7.34. The van der Waals surface area contributed by atoms with Gasteiger partial charge in [-0.2, -0.15) is 0 Å². The molecule has 0 aliphatic heterocycles. The number of para-hydroxylation sites is 1. The molecule has 1 aromatic carbocycles. The fourth-order valence-corrected chi connectivity index (χ4v) is 1.96. The Morgan fingerprint density at radius 2 is 1.95 bits per heavy atom. The number of hydrogen-bond donors (Lipinski definition) is 1. The summed E-state index contributed by atoms with van der Waals surface area (Å²) >= 11 is 0. The molecule has 114 valence electrons. The Morgan fingerprint density at radius 3 is 2.60 bits per heavy atom. The fourth-order valence-electron chi connectivity index (χ4n) is 1.96. The van der Waals surface area contributed by atoms with Gasteiger partial charge in [0.1, 0.15) is 0 Å². The first-order chi connectivity index (χ1) is 9.72. The average Bonchev–Trinajstić information content (AvgIpc) is 2.46. The number of rotatable bonds is 10. The summed E-state index contributed by atoms with van der Waals surface area (Å²) in [5.74, 6) is 1.63. The summed E-state index contributed by atoms with van der Waals surface area (Å²) in [4.78, 5) is 0. The minimum absolute atomic E-state index is 0.146. The smallest absolute Gasteiger partial charge is 0.164 e. The lowest BCUT2D eigenvalue weighted by Crippen LogP contribution is -2.22. The molecule has 0 heterocycles. The first kappa shape index (κ1) is 16.8. The summed E-state index contributed by atoms with van der Waals surface area (Å²) in [7, 11) is 1.69. The van der Waals surface area contributed by atoms with Crippen LogP contribution in [0.1, 0.15) is 32.3 Å². The number of ether oxygens (including phenoxy) is 3. The molecule has 2 N–H and O–H groups in total. The molecule has 1 rings (SSSR count). The summed E-state index contributed by atoms with van der Waals surface area (Å²) in [6.07, 6.45) is 2.61. The number of nitrogens with two attached hydrogens (primary N) is 1. The van der Waals surface area contributed by atoms with Crippen LogP contribution in [-0.4, -0.2) is 33.0 Å². The third-order valence-corrected chi connectivity index (χ3v) is 3.11. The van der Waals surface area contributed by atoms with Crippen molar-refractivity contribution in [2.75, 3.05) is 26.9 Å². The van der Waals surface area contributed by atoms with Crippen molar-refractivity contribution in [3.05, 3.63) is 23.8 Å². The maximum absolute atomic E-state index is 6.06. The first-order valence-corrected chi connectivity index (χ1v) is 7.34. The Kier molecular flexibility index (Phi) is 8.07. The summed E-state index contributed by atoms with van der Waals surface area (Å²) in [5, 5.41) is 0. The van der Waals surface area contributed by atoms with Gasteiger partial charge < -0.3 is 19.9 Å². The second-order valence-electron chi connectivity index (χ2n) is 4.74. The molecule has 0 spiro atoms. The van der Waals surface area contributed by atoms with E-state index in [1.54, 1.807) is 7.11 Å². The third kappa shape index (κ3) is 5.39. The molecule has 0 aliphatic carbocycles. The largest absolute Gasteiger partial charge is 0.490 e. The number of methoxy groups -OCH3 is 1. The SMILES string of the molecule is CCOc1cccc(CC(N)CC)c1OCCCOC. The van der Waals surface area contributed by atoms with Gasteiger partial charge in [0.05, 0.1) is 13.2 Å². The standard InChI is InChI=1S/C16H27NO3/c1-4-14(17)12-13-8-6-9-15(19-5-2)16(13)20-11-7-10-18-3/h6,8-9,14H,4-5,7,10-12,17H2,1-3H3. The van der Waals surface area contributed by atoms with Crippen molar-refractivity contribution in [2.24, 2.45) is 5.73 Å². The predicted molar refractivity (Wildman–Crippen MR) is 81.6 cm³/mol. The van der Waals surface area contributed by atoms with E-state index in [2.05, 4.69) is 13.0 Å². The van der Waals surface area contributed by atoms with Gasteiger partial charge in [-0.1, -0.05) is 19.1 Å². The summed E-state index contributed by atoms with van der Waals surface area (Å²) < 4.78 is 16.6. The van der Waals surface area contributed by atoms with Crippen LogP contribution in [0.5, 0.6) is 11.5 Å². The lowest BCUT2D eigenvalue weighted by Gasteiger charge is -2.17. The van der Waals surface area contributed by atoms with Crippen molar-refractivity contribution in [3.8, 4) is 11.5 Å². The number of benzene rings is 1. The van der Waals surface area contributed by atoms with E-state index in [9.17, 15) is 0 Å². The van der Waals surface area contributed by atoms with Crippen LogP contribution < -0.4 is 15.2 Å². The molecular formula is C16H27NO3. The zero-order valence-electron chi connectivity index (χ0n) is 12.9. The normalized spacial score (nSPS) is 12.2. The van der Waals surface area contributed by atoms with E-state index in [0.717, 1.165) is 36.3 Å². The predicted octanol–water partition coefficient (Wildman–Crippen LogP) is 2.78. The highest BCUT2D eigenvalue weighted by atomic mass is 16.5. The maximum atomic E-state index is 6.06. The molecule has 0 aliphatic rings. The molecule has 0 bridgehead atoms. The van der Waals surface area contributed by atoms with Crippen LogP contribution >= 0.6 is 0 Å². The highest BCUT2D eigenvalue weighted by Gasteiger charge is 2.13. The zero-order chi connectivity index (χ0) is 14.8. The van der Waals surface area contributed by atoms with E-state index in [4.69, 9.17) is 19.9 Å². The Bertz CT molecular complexity index is 382. The van der Waals surface area contributed by atoms with Gasteiger partial charge in [0.15, 0.2) is 11.5 Å². The van der Waals surface area contributed by atoms with Crippen molar-refractivity contribution < 1.29 is 14.2 Å². The molecule has 4 heteroatoms. The van der Waals surface area contributed by atoms with Gasteiger partial charge in [-0.15, -0.1) is 0 Å². The van der Waals surface area contributed by atoms with Crippen molar-refractivity contribution in [2.45, 2.75) is 39.2 Å². The van der Waals surface area contributed by atoms with Crippen LogP contribution in [0, 0.1) is 0 Å². The van der Waals surface area contributed by atoms with Crippen LogP contribution in [0.2, 0.25) is 0 Å². The average molecular weight is 281 g/mol. The highest BCUT2D eigenvalue weighted by Crippen LogP contribution is 2.32. The fraction of sp³-hybridized carbons (Fsp3) is 0.625. The van der Waals surface area contributed by atoms with Gasteiger partial charge in [0.2, 0.25) is 0 Å². The Hall–Kier alpha value is -1.26. The van der Waals surface area contributed by atoms with Gasteiger partial charge in [-0.25, -0.2) is 0 Å². The Balaban J connectivity index is 2.82. The monoisotopic (exact) mass is 281 g/mol. The van der Waals surface area contributed by atoms with Crippen molar-refractivity contribution in [1.29, 1.82) is 0 Å². The lowest BCUT2D eigenvalue weighted by atomic mass is 10.0. The molecule has 20 heavy (non-hydrogen) atoms. The Morgan fingerprint density at radius 1 is 1.15 bits per heavy atom. The summed E-state index contributed by atoms with van der Waals surface area (Å²) in [6.45, 7) is 6.00. The van der Waals surface area contributed by atoms with Gasteiger partial charge in [0.25, 0.3) is 0 Å². The molecule has 0 radical (unpaired) electrons. The van der Waals surface area contributed by atoms with E-state index < -0.39 is 0 Å². The molecule has 0 fully saturated rings. The van der Waals surface area contributed by atoms with Gasteiger partial charge in [-0.05, 0) is 31.4 Å². The van der Waals surface area contributed by atoms with Crippen LogP contribution in [-0.2, 0) is 11.2 Å². The molecule has 0 saturated carbocycles. The molecule has 1 aromatic rings. The van der Waals surface area contributed by atoms with Crippen LogP contribution in [0.4, 0.5) is 0 Å². The second kappa shape index (κ2) is 9.61. The lowest BCUT2D eigenvalue weighted by molar-refractivity contribution is 0.169. The van der Waals surface area contributed by atoms with Crippen molar-refractivity contribution >= 4 is 0 Å². The van der Waals surface area contributed by atoms with Crippen LogP contribution in [0.15, 0.2) is 18.2 Å². The quantitative estimate of drug-likeness (QED) is 0.670. The van der Waals surface area contributed by atoms with E-state index in [1.165, 1.54) is 0 Å². The van der Waals surface area contributed by atoms with Crippen LogP contribution in [0.25, 0.3) is 0 Å². The Labute approximate surface area is 122 Å². The van der Waals surface area contributed by atoms with Gasteiger partial charge in [0, 0.05) is 26.2 Å². The zero-order valence-corrected chi connectivity index (χ0v) is 12.9. The highest BCUT2D eigenvalue weighted by molar-refractivity contribution is 5.47. The molecule has 0 amide bonds. The van der Waals surface area contributed by atoms with E-state index >= 15 is 0 Å². The van der Waals surface area contributed by atoms with Gasteiger partial charge in [-0.3, -0.25) is 0 Å². The number of hydrogen-bond acceptors (Lipinski definition) is 4. The third-order valence-electron chi connectivity index (χ3n) is 3.11. The summed E-state index contributed by atoms with van der Waals surface area (Å²) in [6, 6.07) is 6.14. The van der Waals surface area contributed by atoms with Crippen molar-refractivity contribution in [1.82, 2.24) is 0 Å². The molecule has 0 saturated heterocycles. The molecule has 1 unspecified atom stereocenters. The molecular weight excluding hydrogens is 254 g/mol. The van der Waals surface area contributed by atoms with Gasteiger partial charge >= 0.3 is 0 Å². The van der Waals surface area contributed by atoms with E-state index in [1.807, 2.05) is 19.1 Å². The minimum Gasteiger partial charge on any atom is -0.490 e. The van der Waals surface area contributed by atoms with E-state index in [0.29, 0.717) is 19.8 Å². The second-order valence-corrected chi connectivity index (χ2v) is 4.74. The molecule has 1 atom stereocenters. The molecule has 4 nitrogen and oxygen atoms in total. The van der Waals surface area contributed by atoms with Crippen LogP contribution in [0.3, 0.4) is 0 Å². The molecule has 0 aromatic heterocycles. The topological polar surface area (TPSA) is 53.7 Å². The summed E-state index contributed by atoms with van der Waals surface area (Å²) in [5.41, 5.74) is 7.17. The maximum Gasteiger partial charge on any atom is 0.164 e.